The fraction of sp³-hybridized carbons (Fsp3) is 0.400. The predicted octanol–water partition coefficient (Wildman–Crippen LogP) is 1.95. The van der Waals surface area contributed by atoms with Gasteiger partial charge in [-0.1, -0.05) is 13.3 Å². The fourth-order valence-corrected chi connectivity index (χ4v) is 2.27. The van der Waals surface area contributed by atoms with Crippen molar-refractivity contribution in [3.05, 3.63) is 24.3 Å². The third kappa shape index (κ3) is 4.40. The number of alkyl halides is 2. The maximum absolute atomic E-state index is 12.1. The molecule has 1 saturated heterocycles. The van der Waals surface area contributed by atoms with Crippen molar-refractivity contribution in [2.75, 3.05) is 11.9 Å². The van der Waals surface area contributed by atoms with Gasteiger partial charge in [-0.15, -0.1) is 0 Å². The number of amides is 4. The van der Waals surface area contributed by atoms with Crippen molar-refractivity contribution in [2.24, 2.45) is 0 Å². The molecular weight excluding hydrogens is 324 g/mol. The van der Waals surface area contributed by atoms with Crippen LogP contribution in [0.25, 0.3) is 0 Å². The average molecular weight is 341 g/mol. The molecule has 2 N–H and O–H groups in total. The molecule has 1 heterocycles. The second-order valence-electron chi connectivity index (χ2n) is 5.17. The molecule has 0 saturated carbocycles. The molecule has 7 nitrogen and oxygen atoms in total. The topological polar surface area (TPSA) is 87.7 Å². The number of nitrogens with zero attached hydrogens (tertiary/aromatic N) is 1. The molecule has 2 rings (SSSR count). The molecule has 1 unspecified atom stereocenters. The quantitative estimate of drug-likeness (QED) is 0.742. The summed E-state index contributed by atoms with van der Waals surface area (Å²) in [6, 6.07) is 4.10. The lowest BCUT2D eigenvalue weighted by atomic mass is 10.2. The van der Waals surface area contributed by atoms with Gasteiger partial charge >= 0.3 is 12.6 Å². The molecule has 4 amide bonds. The van der Waals surface area contributed by atoms with Crippen molar-refractivity contribution in [2.45, 2.75) is 32.4 Å². The second-order valence-corrected chi connectivity index (χ2v) is 5.17. The van der Waals surface area contributed by atoms with Crippen molar-refractivity contribution in [3.8, 4) is 5.75 Å². The van der Waals surface area contributed by atoms with Crippen molar-refractivity contribution in [1.82, 2.24) is 10.2 Å². The molecule has 1 aromatic carbocycles. The zero-order valence-electron chi connectivity index (χ0n) is 12.9. The maximum atomic E-state index is 12.1. The van der Waals surface area contributed by atoms with Crippen LogP contribution in [0.5, 0.6) is 5.75 Å². The van der Waals surface area contributed by atoms with Gasteiger partial charge in [0.1, 0.15) is 18.3 Å². The van der Waals surface area contributed by atoms with E-state index in [0.29, 0.717) is 12.1 Å². The number of rotatable bonds is 7. The Balaban J connectivity index is 1.91. The zero-order chi connectivity index (χ0) is 17.7. The van der Waals surface area contributed by atoms with Gasteiger partial charge in [-0.05, 0) is 30.7 Å². The van der Waals surface area contributed by atoms with Crippen LogP contribution in [0.3, 0.4) is 0 Å². The fourth-order valence-electron chi connectivity index (χ4n) is 2.27. The summed E-state index contributed by atoms with van der Waals surface area (Å²) in [5.41, 5.74) is 0.332. The van der Waals surface area contributed by atoms with Gasteiger partial charge in [0.25, 0.3) is 5.91 Å². The SMILES string of the molecule is CCCC1NC(=O)N(CC(=O)Nc2ccc(OC(F)F)cc2)C1=O. The molecule has 130 valence electrons. The minimum absolute atomic E-state index is 0.0421. The third-order valence-corrected chi connectivity index (χ3v) is 3.35. The molecule has 0 aliphatic carbocycles. The molecule has 0 aromatic heterocycles. The van der Waals surface area contributed by atoms with E-state index in [1.807, 2.05) is 6.92 Å². The number of hydrogen-bond donors (Lipinski definition) is 2. The van der Waals surface area contributed by atoms with Gasteiger partial charge in [-0.25, -0.2) is 4.79 Å². The summed E-state index contributed by atoms with van der Waals surface area (Å²) in [7, 11) is 0. The minimum Gasteiger partial charge on any atom is -0.435 e. The Bertz CT molecular complexity index is 622. The first-order valence-electron chi connectivity index (χ1n) is 7.37. The predicted molar refractivity (Wildman–Crippen MR) is 80.6 cm³/mol. The Morgan fingerprint density at radius 3 is 2.58 bits per heavy atom. The highest BCUT2D eigenvalue weighted by Crippen LogP contribution is 2.18. The Hall–Kier alpha value is -2.71. The van der Waals surface area contributed by atoms with Crippen molar-refractivity contribution in [1.29, 1.82) is 0 Å². The molecule has 1 fully saturated rings. The first-order chi connectivity index (χ1) is 11.4. The number of benzene rings is 1. The van der Waals surface area contributed by atoms with Crippen molar-refractivity contribution in [3.63, 3.8) is 0 Å². The van der Waals surface area contributed by atoms with Crippen LogP contribution in [-0.2, 0) is 9.59 Å². The molecule has 1 aliphatic rings. The second kappa shape index (κ2) is 7.71. The standard InChI is InChI=1S/C15H17F2N3O4/c1-2-3-11-13(22)20(15(23)19-11)8-12(21)18-9-4-6-10(7-5-9)24-14(16)17/h4-7,11,14H,2-3,8H2,1H3,(H,18,21)(H,19,23). The maximum Gasteiger partial charge on any atom is 0.387 e. The van der Waals surface area contributed by atoms with Crippen LogP contribution in [0.2, 0.25) is 0 Å². The summed E-state index contributed by atoms with van der Waals surface area (Å²) >= 11 is 0. The van der Waals surface area contributed by atoms with Gasteiger partial charge in [0, 0.05) is 5.69 Å². The molecule has 24 heavy (non-hydrogen) atoms. The number of urea groups is 1. The molecule has 0 radical (unpaired) electrons. The van der Waals surface area contributed by atoms with Gasteiger partial charge in [0.05, 0.1) is 0 Å². The van der Waals surface area contributed by atoms with Gasteiger partial charge in [0.15, 0.2) is 0 Å². The molecule has 1 atom stereocenters. The van der Waals surface area contributed by atoms with Crippen LogP contribution in [0.1, 0.15) is 19.8 Å². The Labute approximate surface area is 136 Å². The van der Waals surface area contributed by atoms with E-state index in [9.17, 15) is 23.2 Å². The number of carbonyl (C=O) groups is 3. The molecule has 1 aliphatic heterocycles. The summed E-state index contributed by atoms with van der Waals surface area (Å²) in [5.74, 6) is -1.05. The molecule has 0 bridgehead atoms. The normalized spacial score (nSPS) is 17.2. The smallest absolute Gasteiger partial charge is 0.387 e. The van der Waals surface area contributed by atoms with Crippen molar-refractivity contribution >= 4 is 23.5 Å². The first kappa shape index (κ1) is 17.6. The van der Waals surface area contributed by atoms with Crippen LogP contribution < -0.4 is 15.4 Å². The van der Waals surface area contributed by atoms with Crippen LogP contribution in [0, 0.1) is 0 Å². The number of carbonyl (C=O) groups excluding carboxylic acids is 3. The van der Waals surface area contributed by atoms with E-state index in [4.69, 9.17) is 0 Å². The number of halogens is 2. The van der Waals surface area contributed by atoms with Gasteiger partial charge in [0.2, 0.25) is 5.91 Å². The number of nitrogens with one attached hydrogen (secondary N) is 2. The first-order valence-corrected chi connectivity index (χ1v) is 7.37. The third-order valence-electron chi connectivity index (χ3n) is 3.35. The summed E-state index contributed by atoms with van der Waals surface area (Å²) in [6.07, 6.45) is 1.23. The van der Waals surface area contributed by atoms with Crippen molar-refractivity contribution < 1.29 is 27.9 Å². The summed E-state index contributed by atoms with van der Waals surface area (Å²) in [4.78, 5) is 36.5. The Morgan fingerprint density at radius 1 is 1.33 bits per heavy atom. The van der Waals surface area contributed by atoms with Gasteiger partial charge in [-0.3, -0.25) is 14.5 Å². The van der Waals surface area contributed by atoms with Crippen LogP contribution >= 0.6 is 0 Å². The van der Waals surface area contributed by atoms with E-state index in [0.717, 1.165) is 11.3 Å². The van der Waals surface area contributed by atoms with Gasteiger partial charge in [-0.2, -0.15) is 8.78 Å². The number of anilines is 1. The van der Waals surface area contributed by atoms with Crippen LogP contribution in [0.4, 0.5) is 19.3 Å². The Kier molecular flexibility index (Phi) is 5.67. The molecular formula is C15H17F2N3O4. The Morgan fingerprint density at radius 2 is 2.00 bits per heavy atom. The van der Waals surface area contributed by atoms with Crippen LogP contribution in [0.15, 0.2) is 24.3 Å². The molecule has 0 spiro atoms. The zero-order valence-corrected chi connectivity index (χ0v) is 12.9. The summed E-state index contributed by atoms with van der Waals surface area (Å²) in [5, 5.41) is 5.00. The number of ether oxygens (including phenoxy) is 1. The lowest BCUT2D eigenvalue weighted by molar-refractivity contribution is -0.130. The van der Waals surface area contributed by atoms with Gasteiger partial charge < -0.3 is 15.4 Å². The number of imide groups is 1. The largest absolute Gasteiger partial charge is 0.435 e. The van der Waals surface area contributed by atoms with E-state index < -0.39 is 37.0 Å². The molecule has 9 heteroatoms. The van der Waals surface area contributed by atoms with E-state index in [1.165, 1.54) is 24.3 Å². The molecule has 1 aromatic rings. The lowest BCUT2D eigenvalue weighted by Crippen LogP contribution is -2.38. The highest BCUT2D eigenvalue weighted by molar-refractivity contribution is 6.07. The lowest BCUT2D eigenvalue weighted by Gasteiger charge is -2.13. The highest BCUT2D eigenvalue weighted by Gasteiger charge is 2.38. The monoisotopic (exact) mass is 341 g/mol. The van der Waals surface area contributed by atoms with E-state index in [2.05, 4.69) is 15.4 Å². The van der Waals surface area contributed by atoms with E-state index >= 15 is 0 Å². The summed E-state index contributed by atoms with van der Waals surface area (Å²) < 4.78 is 28.3. The average Bonchev–Trinajstić information content (AvgIpc) is 2.77. The van der Waals surface area contributed by atoms with E-state index in [1.54, 1.807) is 0 Å². The highest BCUT2D eigenvalue weighted by atomic mass is 19.3. The number of hydrogen-bond acceptors (Lipinski definition) is 4. The van der Waals surface area contributed by atoms with E-state index in [-0.39, 0.29) is 5.75 Å². The summed E-state index contributed by atoms with van der Waals surface area (Å²) in [6.45, 7) is -1.46. The minimum atomic E-state index is -2.93. The van der Waals surface area contributed by atoms with Crippen LogP contribution in [-0.4, -0.2) is 41.9 Å².